The van der Waals surface area contributed by atoms with E-state index in [0.717, 1.165) is 32.5 Å². The fraction of sp³-hybridized carbons (Fsp3) is 0.917. The molecule has 0 spiro atoms. The van der Waals surface area contributed by atoms with Crippen LogP contribution in [0.1, 0.15) is 26.7 Å². The minimum Gasteiger partial charge on any atom is -0.336 e. The first kappa shape index (κ1) is 13.5. The van der Waals surface area contributed by atoms with Gasteiger partial charge in [0.2, 0.25) is 5.91 Å². The largest absolute Gasteiger partial charge is 0.336 e. The predicted molar refractivity (Wildman–Crippen MR) is 66.1 cm³/mol. The molecule has 0 aromatic rings. The molecule has 1 amide bonds. The number of hydrogen-bond donors (Lipinski definition) is 1. The lowest BCUT2D eigenvalue weighted by Crippen LogP contribution is -2.57. The van der Waals surface area contributed by atoms with Crippen molar-refractivity contribution < 1.29 is 4.79 Å². The molecule has 1 atom stereocenters. The van der Waals surface area contributed by atoms with E-state index in [1.165, 1.54) is 0 Å². The van der Waals surface area contributed by atoms with Crippen LogP contribution in [-0.2, 0) is 4.79 Å². The lowest BCUT2D eigenvalue weighted by Gasteiger charge is -2.41. The third-order valence-corrected chi connectivity index (χ3v) is 3.58. The van der Waals surface area contributed by atoms with E-state index in [1.54, 1.807) is 0 Å². The quantitative estimate of drug-likeness (QED) is 0.762. The normalized spacial score (nSPS) is 22.8. The van der Waals surface area contributed by atoms with Crippen LogP contribution in [0.3, 0.4) is 0 Å². The Morgan fingerprint density at radius 2 is 2.00 bits per heavy atom. The van der Waals surface area contributed by atoms with E-state index in [-0.39, 0.29) is 12.0 Å². The molecule has 1 fully saturated rings. The monoisotopic (exact) mass is 227 g/mol. The van der Waals surface area contributed by atoms with Crippen LogP contribution in [0.2, 0.25) is 0 Å². The molecular weight excluding hydrogens is 202 g/mol. The molecule has 2 N–H and O–H groups in total. The third-order valence-electron chi connectivity index (χ3n) is 3.58. The maximum Gasteiger partial charge on any atom is 0.226 e. The molecular formula is C12H25N3O. The first-order valence-electron chi connectivity index (χ1n) is 6.33. The molecule has 0 aliphatic carbocycles. The fourth-order valence-corrected chi connectivity index (χ4v) is 2.37. The van der Waals surface area contributed by atoms with Crippen molar-refractivity contribution in [3.05, 3.63) is 0 Å². The summed E-state index contributed by atoms with van der Waals surface area (Å²) in [4.78, 5) is 16.5. The molecule has 0 saturated carbocycles. The van der Waals surface area contributed by atoms with Crippen molar-refractivity contribution in [3.8, 4) is 0 Å². The summed E-state index contributed by atoms with van der Waals surface area (Å²) in [5.41, 5.74) is 5.76. The number of carbonyl (C=O) groups is 1. The van der Waals surface area contributed by atoms with Crippen molar-refractivity contribution in [2.75, 3.05) is 33.2 Å². The smallest absolute Gasteiger partial charge is 0.226 e. The van der Waals surface area contributed by atoms with E-state index < -0.39 is 0 Å². The zero-order valence-corrected chi connectivity index (χ0v) is 10.8. The van der Waals surface area contributed by atoms with Crippen LogP contribution in [0.25, 0.3) is 0 Å². The summed E-state index contributed by atoms with van der Waals surface area (Å²) in [5, 5.41) is 0. The van der Waals surface area contributed by atoms with Gasteiger partial charge >= 0.3 is 0 Å². The summed E-state index contributed by atoms with van der Waals surface area (Å²) in [6, 6.07) is 0.201. The SMILES string of the molecule is CCC(CC)C(=O)N1CCN(C)CC1CN. The molecule has 0 aromatic carbocycles. The molecule has 1 aliphatic rings. The van der Waals surface area contributed by atoms with Crippen molar-refractivity contribution in [2.24, 2.45) is 11.7 Å². The van der Waals surface area contributed by atoms with Crippen molar-refractivity contribution in [3.63, 3.8) is 0 Å². The summed E-state index contributed by atoms with van der Waals surface area (Å²) in [5.74, 6) is 0.478. The minimum atomic E-state index is 0.178. The van der Waals surface area contributed by atoms with Gasteiger partial charge in [-0.2, -0.15) is 0 Å². The molecule has 16 heavy (non-hydrogen) atoms. The van der Waals surface area contributed by atoms with Crippen LogP contribution >= 0.6 is 0 Å². The van der Waals surface area contributed by atoms with Crippen LogP contribution < -0.4 is 5.73 Å². The van der Waals surface area contributed by atoms with Crippen LogP contribution in [0, 0.1) is 5.92 Å². The highest BCUT2D eigenvalue weighted by atomic mass is 16.2. The van der Waals surface area contributed by atoms with Crippen LogP contribution in [0.5, 0.6) is 0 Å². The first-order chi connectivity index (χ1) is 7.63. The predicted octanol–water partition coefficient (Wildman–Crippen LogP) is 0.524. The summed E-state index contributed by atoms with van der Waals surface area (Å²) in [6.45, 7) is 7.42. The Labute approximate surface area is 98.8 Å². The number of nitrogens with zero attached hydrogens (tertiary/aromatic N) is 2. The average molecular weight is 227 g/mol. The van der Waals surface area contributed by atoms with Crippen molar-refractivity contribution in [1.29, 1.82) is 0 Å². The number of amides is 1. The topological polar surface area (TPSA) is 49.6 Å². The average Bonchev–Trinajstić information content (AvgIpc) is 2.30. The second-order valence-electron chi connectivity index (χ2n) is 4.70. The summed E-state index contributed by atoms with van der Waals surface area (Å²) >= 11 is 0. The number of rotatable bonds is 4. The van der Waals surface area contributed by atoms with E-state index >= 15 is 0 Å². The van der Waals surface area contributed by atoms with Gasteiger partial charge in [-0.05, 0) is 19.9 Å². The zero-order chi connectivity index (χ0) is 12.1. The van der Waals surface area contributed by atoms with Gasteiger partial charge in [0.15, 0.2) is 0 Å². The molecule has 0 aromatic heterocycles. The van der Waals surface area contributed by atoms with E-state index in [4.69, 9.17) is 5.73 Å². The van der Waals surface area contributed by atoms with E-state index in [0.29, 0.717) is 12.5 Å². The lowest BCUT2D eigenvalue weighted by atomic mass is 10.00. The van der Waals surface area contributed by atoms with Gasteiger partial charge < -0.3 is 15.5 Å². The molecule has 0 bridgehead atoms. The fourth-order valence-electron chi connectivity index (χ4n) is 2.37. The Balaban J connectivity index is 2.66. The molecule has 1 unspecified atom stereocenters. The highest BCUT2D eigenvalue weighted by Crippen LogP contribution is 2.16. The summed E-state index contributed by atoms with van der Waals surface area (Å²) < 4.78 is 0. The lowest BCUT2D eigenvalue weighted by molar-refractivity contribution is -0.140. The first-order valence-corrected chi connectivity index (χ1v) is 6.33. The summed E-state index contributed by atoms with van der Waals surface area (Å²) in [6.07, 6.45) is 1.86. The van der Waals surface area contributed by atoms with Crippen LogP contribution in [-0.4, -0.2) is 55.0 Å². The Bertz CT molecular complexity index is 228. The van der Waals surface area contributed by atoms with E-state index in [9.17, 15) is 4.79 Å². The maximum absolute atomic E-state index is 12.3. The Morgan fingerprint density at radius 3 is 2.50 bits per heavy atom. The Kier molecular flexibility index (Phi) is 5.22. The summed E-state index contributed by atoms with van der Waals surface area (Å²) in [7, 11) is 2.08. The third kappa shape index (κ3) is 2.95. The molecule has 1 rings (SSSR count). The van der Waals surface area contributed by atoms with Gasteiger partial charge in [0.1, 0.15) is 0 Å². The van der Waals surface area contributed by atoms with Crippen molar-refractivity contribution in [2.45, 2.75) is 32.7 Å². The van der Waals surface area contributed by atoms with E-state index in [1.807, 2.05) is 4.90 Å². The van der Waals surface area contributed by atoms with Gasteiger partial charge in [-0.25, -0.2) is 0 Å². The molecule has 1 saturated heterocycles. The van der Waals surface area contributed by atoms with Gasteiger partial charge in [-0.1, -0.05) is 13.8 Å². The number of nitrogens with two attached hydrogens (primary N) is 1. The molecule has 4 heteroatoms. The Hall–Kier alpha value is -0.610. The highest BCUT2D eigenvalue weighted by Gasteiger charge is 2.30. The van der Waals surface area contributed by atoms with Crippen LogP contribution in [0.15, 0.2) is 0 Å². The number of likely N-dealkylation sites (N-methyl/N-ethyl adjacent to an activating group) is 1. The Morgan fingerprint density at radius 1 is 1.38 bits per heavy atom. The molecule has 94 valence electrons. The van der Waals surface area contributed by atoms with Crippen molar-refractivity contribution >= 4 is 5.91 Å². The molecule has 0 radical (unpaired) electrons. The van der Waals surface area contributed by atoms with Gasteiger partial charge in [0.05, 0.1) is 6.04 Å². The number of carbonyl (C=O) groups excluding carboxylic acids is 1. The zero-order valence-electron chi connectivity index (χ0n) is 10.8. The van der Waals surface area contributed by atoms with Gasteiger partial charge in [-0.15, -0.1) is 0 Å². The van der Waals surface area contributed by atoms with Gasteiger partial charge in [0, 0.05) is 32.1 Å². The van der Waals surface area contributed by atoms with Gasteiger partial charge in [-0.3, -0.25) is 4.79 Å². The standard InChI is InChI=1S/C12H25N3O/c1-4-10(5-2)12(16)15-7-6-14(3)9-11(15)8-13/h10-11H,4-9,13H2,1-3H3. The molecule has 4 nitrogen and oxygen atoms in total. The van der Waals surface area contributed by atoms with Crippen LogP contribution in [0.4, 0.5) is 0 Å². The van der Waals surface area contributed by atoms with E-state index in [2.05, 4.69) is 25.8 Å². The molecule has 1 aliphatic heterocycles. The maximum atomic E-state index is 12.3. The number of piperazine rings is 1. The van der Waals surface area contributed by atoms with Crippen molar-refractivity contribution in [1.82, 2.24) is 9.80 Å². The molecule has 1 heterocycles. The minimum absolute atomic E-state index is 0.178. The second kappa shape index (κ2) is 6.21. The second-order valence-corrected chi connectivity index (χ2v) is 4.70. The highest BCUT2D eigenvalue weighted by molar-refractivity contribution is 5.79. The number of hydrogen-bond acceptors (Lipinski definition) is 3. The van der Waals surface area contributed by atoms with Gasteiger partial charge in [0.25, 0.3) is 0 Å².